The van der Waals surface area contributed by atoms with Crippen molar-refractivity contribution in [2.75, 3.05) is 26.3 Å². The number of ether oxygens (including phenoxy) is 1. The standard InChI is InChI=1S/C14H17N5O2/c20-14(18-5-7-21-8-6-18)17-10-12-1-2-13(16-9-12)19-4-3-15-11-19/h1-4,9,11H,5-8,10H2,(H,17,20). The quantitative estimate of drug-likeness (QED) is 0.906. The predicted molar refractivity (Wildman–Crippen MR) is 76.0 cm³/mol. The van der Waals surface area contributed by atoms with Gasteiger partial charge in [0, 0.05) is 38.2 Å². The van der Waals surface area contributed by atoms with E-state index < -0.39 is 0 Å². The van der Waals surface area contributed by atoms with Crippen molar-refractivity contribution in [1.29, 1.82) is 0 Å². The van der Waals surface area contributed by atoms with Crippen molar-refractivity contribution in [2.24, 2.45) is 0 Å². The number of carbonyl (C=O) groups excluding carboxylic acids is 1. The number of pyridine rings is 1. The molecule has 1 N–H and O–H groups in total. The third kappa shape index (κ3) is 3.38. The number of hydrogen-bond donors (Lipinski definition) is 1. The molecule has 1 aliphatic heterocycles. The zero-order valence-corrected chi connectivity index (χ0v) is 11.6. The van der Waals surface area contributed by atoms with E-state index in [2.05, 4.69) is 15.3 Å². The van der Waals surface area contributed by atoms with Crippen molar-refractivity contribution < 1.29 is 9.53 Å². The highest BCUT2D eigenvalue weighted by molar-refractivity contribution is 5.74. The van der Waals surface area contributed by atoms with Crippen LogP contribution in [0.2, 0.25) is 0 Å². The van der Waals surface area contributed by atoms with Gasteiger partial charge in [0.1, 0.15) is 12.1 Å². The van der Waals surface area contributed by atoms with Gasteiger partial charge in [0.25, 0.3) is 0 Å². The normalized spacial score (nSPS) is 15.0. The summed E-state index contributed by atoms with van der Waals surface area (Å²) in [4.78, 5) is 22.0. The van der Waals surface area contributed by atoms with Gasteiger partial charge in [-0.3, -0.25) is 4.57 Å². The summed E-state index contributed by atoms with van der Waals surface area (Å²) in [6.45, 7) is 2.96. The SMILES string of the molecule is O=C(NCc1ccc(-n2ccnc2)nc1)N1CCOCC1. The van der Waals surface area contributed by atoms with Crippen LogP contribution in [0.15, 0.2) is 37.1 Å². The molecule has 0 aromatic carbocycles. The molecule has 3 heterocycles. The van der Waals surface area contributed by atoms with Crippen LogP contribution in [-0.4, -0.2) is 51.8 Å². The Labute approximate surface area is 122 Å². The summed E-state index contributed by atoms with van der Waals surface area (Å²) >= 11 is 0. The van der Waals surface area contributed by atoms with Gasteiger partial charge in [-0.05, 0) is 11.6 Å². The molecule has 0 saturated carbocycles. The third-order valence-electron chi connectivity index (χ3n) is 3.32. The summed E-state index contributed by atoms with van der Waals surface area (Å²) in [7, 11) is 0. The topological polar surface area (TPSA) is 72.3 Å². The smallest absolute Gasteiger partial charge is 0.317 e. The van der Waals surface area contributed by atoms with E-state index in [-0.39, 0.29) is 6.03 Å². The first kappa shape index (κ1) is 13.6. The molecule has 0 radical (unpaired) electrons. The van der Waals surface area contributed by atoms with E-state index in [0.717, 1.165) is 11.4 Å². The van der Waals surface area contributed by atoms with Gasteiger partial charge in [-0.15, -0.1) is 0 Å². The number of nitrogens with zero attached hydrogens (tertiary/aromatic N) is 4. The molecule has 1 fully saturated rings. The number of aromatic nitrogens is 3. The molecule has 3 rings (SSSR count). The van der Waals surface area contributed by atoms with Gasteiger partial charge in [0.05, 0.1) is 13.2 Å². The van der Waals surface area contributed by atoms with Gasteiger partial charge in [0.2, 0.25) is 0 Å². The molecule has 2 aromatic heterocycles. The van der Waals surface area contributed by atoms with Crippen LogP contribution >= 0.6 is 0 Å². The van der Waals surface area contributed by atoms with E-state index in [1.54, 1.807) is 23.6 Å². The number of carbonyl (C=O) groups is 1. The van der Waals surface area contributed by atoms with E-state index in [0.29, 0.717) is 32.8 Å². The molecule has 110 valence electrons. The van der Waals surface area contributed by atoms with Crippen molar-refractivity contribution >= 4 is 6.03 Å². The highest BCUT2D eigenvalue weighted by Crippen LogP contribution is 2.05. The maximum Gasteiger partial charge on any atom is 0.317 e. The van der Waals surface area contributed by atoms with Gasteiger partial charge < -0.3 is 15.0 Å². The summed E-state index contributed by atoms with van der Waals surface area (Å²) < 4.78 is 7.05. The first-order chi connectivity index (χ1) is 10.3. The van der Waals surface area contributed by atoms with Gasteiger partial charge in [-0.25, -0.2) is 14.8 Å². The summed E-state index contributed by atoms with van der Waals surface area (Å²) in [5, 5.41) is 2.90. The van der Waals surface area contributed by atoms with Gasteiger partial charge in [-0.2, -0.15) is 0 Å². The molecule has 7 nitrogen and oxygen atoms in total. The van der Waals surface area contributed by atoms with Crippen LogP contribution in [-0.2, 0) is 11.3 Å². The maximum atomic E-state index is 12.0. The number of nitrogens with one attached hydrogen (secondary N) is 1. The molecular weight excluding hydrogens is 270 g/mol. The fraction of sp³-hybridized carbons (Fsp3) is 0.357. The highest BCUT2D eigenvalue weighted by atomic mass is 16.5. The van der Waals surface area contributed by atoms with Crippen LogP contribution in [0, 0.1) is 0 Å². The van der Waals surface area contributed by atoms with Crippen molar-refractivity contribution in [3.63, 3.8) is 0 Å². The molecule has 1 aliphatic rings. The molecular formula is C14H17N5O2. The molecule has 0 aliphatic carbocycles. The molecule has 21 heavy (non-hydrogen) atoms. The third-order valence-corrected chi connectivity index (χ3v) is 3.32. The van der Waals surface area contributed by atoms with Crippen LogP contribution in [0.4, 0.5) is 4.79 Å². The van der Waals surface area contributed by atoms with Crippen molar-refractivity contribution in [3.05, 3.63) is 42.6 Å². The lowest BCUT2D eigenvalue weighted by atomic mass is 10.3. The Balaban J connectivity index is 1.54. The lowest BCUT2D eigenvalue weighted by molar-refractivity contribution is 0.0531. The maximum absolute atomic E-state index is 12.0. The lowest BCUT2D eigenvalue weighted by Crippen LogP contribution is -2.45. The molecule has 0 atom stereocenters. The summed E-state index contributed by atoms with van der Waals surface area (Å²) in [6, 6.07) is 3.79. The second kappa shape index (κ2) is 6.36. The Morgan fingerprint density at radius 1 is 1.33 bits per heavy atom. The Kier molecular flexibility index (Phi) is 4.11. The number of amides is 2. The van der Waals surface area contributed by atoms with Gasteiger partial charge in [-0.1, -0.05) is 6.07 Å². The number of urea groups is 1. The Hall–Kier alpha value is -2.41. The van der Waals surface area contributed by atoms with E-state index in [1.165, 1.54) is 0 Å². The highest BCUT2D eigenvalue weighted by Gasteiger charge is 2.15. The Bertz CT molecular complexity index is 576. The van der Waals surface area contributed by atoms with Crippen LogP contribution in [0.25, 0.3) is 5.82 Å². The second-order valence-corrected chi connectivity index (χ2v) is 4.75. The minimum Gasteiger partial charge on any atom is -0.378 e. The minimum atomic E-state index is -0.0583. The monoisotopic (exact) mass is 287 g/mol. The van der Waals surface area contributed by atoms with Gasteiger partial charge >= 0.3 is 6.03 Å². The summed E-state index contributed by atoms with van der Waals surface area (Å²) in [5.41, 5.74) is 0.959. The van der Waals surface area contributed by atoms with Crippen molar-refractivity contribution in [1.82, 2.24) is 24.8 Å². The summed E-state index contributed by atoms with van der Waals surface area (Å²) in [6.07, 6.45) is 7.00. The number of rotatable bonds is 3. The number of morpholine rings is 1. The van der Waals surface area contributed by atoms with E-state index in [1.807, 2.05) is 22.9 Å². The average molecular weight is 287 g/mol. The number of hydrogen-bond acceptors (Lipinski definition) is 4. The zero-order valence-electron chi connectivity index (χ0n) is 11.6. The first-order valence-corrected chi connectivity index (χ1v) is 6.87. The van der Waals surface area contributed by atoms with Crippen LogP contribution in [0.3, 0.4) is 0 Å². The molecule has 2 amide bonds. The van der Waals surface area contributed by atoms with Crippen molar-refractivity contribution in [2.45, 2.75) is 6.54 Å². The average Bonchev–Trinajstić information content (AvgIpc) is 3.08. The zero-order chi connectivity index (χ0) is 14.5. The first-order valence-electron chi connectivity index (χ1n) is 6.87. The molecule has 7 heteroatoms. The molecule has 0 bridgehead atoms. The lowest BCUT2D eigenvalue weighted by Gasteiger charge is -2.26. The molecule has 0 unspecified atom stereocenters. The van der Waals surface area contributed by atoms with Crippen molar-refractivity contribution in [3.8, 4) is 5.82 Å². The Morgan fingerprint density at radius 2 is 2.19 bits per heavy atom. The van der Waals surface area contributed by atoms with Gasteiger partial charge in [0.15, 0.2) is 0 Å². The molecule has 0 spiro atoms. The number of imidazole rings is 1. The van der Waals surface area contributed by atoms with Crippen LogP contribution < -0.4 is 5.32 Å². The fourth-order valence-electron chi connectivity index (χ4n) is 2.12. The van der Waals surface area contributed by atoms with E-state index in [4.69, 9.17) is 4.74 Å². The Morgan fingerprint density at radius 3 is 2.86 bits per heavy atom. The van der Waals surface area contributed by atoms with Crippen LogP contribution in [0.1, 0.15) is 5.56 Å². The molecule has 2 aromatic rings. The predicted octanol–water partition coefficient (Wildman–Crippen LogP) is 0.809. The minimum absolute atomic E-state index is 0.0583. The van der Waals surface area contributed by atoms with E-state index >= 15 is 0 Å². The fourth-order valence-corrected chi connectivity index (χ4v) is 2.12. The van der Waals surface area contributed by atoms with E-state index in [9.17, 15) is 4.79 Å². The molecule has 1 saturated heterocycles. The second-order valence-electron chi connectivity index (χ2n) is 4.75. The van der Waals surface area contributed by atoms with Crippen LogP contribution in [0.5, 0.6) is 0 Å². The largest absolute Gasteiger partial charge is 0.378 e. The summed E-state index contributed by atoms with van der Waals surface area (Å²) in [5.74, 6) is 0.802.